The van der Waals surface area contributed by atoms with E-state index in [4.69, 9.17) is 0 Å². The smallest absolute Gasteiger partial charge is 0.340 e. The van der Waals surface area contributed by atoms with E-state index in [1.165, 1.54) is 20.4 Å². The Hall–Kier alpha value is -2.89. The second-order valence-corrected chi connectivity index (χ2v) is 4.78. The highest BCUT2D eigenvalue weighted by Crippen LogP contribution is 2.16. The van der Waals surface area contributed by atoms with E-state index in [1.54, 1.807) is 49.3 Å². The number of nitrogens with zero attached hydrogens (tertiary/aromatic N) is 1. The van der Waals surface area contributed by atoms with Gasteiger partial charge in [-0.15, -0.1) is 0 Å². The number of ether oxygens (including phenoxy) is 2. The highest BCUT2D eigenvalue weighted by molar-refractivity contribution is 6.14. The molecule has 0 bridgehead atoms. The highest BCUT2D eigenvalue weighted by atomic mass is 16.5. The molecule has 0 aliphatic rings. The maximum absolute atomic E-state index is 12.3. The molecule has 0 N–H and O–H groups in total. The van der Waals surface area contributed by atoms with Gasteiger partial charge in [-0.2, -0.15) is 0 Å². The van der Waals surface area contributed by atoms with Crippen LogP contribution in [0.5, 0.6) is 0 Å². The van der Waals surface area contributed by atoms with Crippen LogP contribution in [0.1, 0.15) is 10.4 Å². The number of rotatable bonds is 6. The Morgan fingerprint density at radius 1 is 0.913 bits per heavy atom. The van der Waals surface area contributed by atoms with E-state index in [1.807, 2.05) is 0 Å². The van der Waals surface area contributed by atoms with Crippen molar-refractivity contribution in [2.75, 3.05) is 28.3 Å². The van der Waals surface area contributed by atoms with Gasteiger partial charge in [-0.25, -0.2) is 9.59 Å². The molecule has 0 aliphatic heterocycles. The number of ketones is 1. The Bertz CT molecular complexity index is 644. The monoisotopic (exact) mass is 317 g/mol. The van der Waals surface area contributed by atoms with Crippen LogP contribution in [0.15, 0.2) is 53.8 Å². The lowest BCUT2D eigenvalue weighted by atomic mass is 10.0. The second kappa shape index (κ2) is 8.53. The van der Waals surface area contributed by atoms with Crippen LogP contribution < -0.4 is 0 Å². The van der Waals surface area contributed by atoms with Gasteiger partial charge >= 0.3 is 11.9 Å². The molecular weight excluding hydrogens is 298 g/mol. The topological polar surface area (TPSA) is 72.9 Å². The molecular formula is C17H19NO5. The van der Waals surface area contributed by atoms with Crippen LogP contribution >= 0.6 is 0 Å². The minimum atomic E-state index is -0.798. The van der Waals surface area contributed by atoms with E-state index in [0.29, 0.717) is 5.56 Å². The summed E-state index contributed by atoms with van der Waals surface area (Å²) >= 11 is 0. The summed E-state index contributed by atoms with van der Waals surface area (Å²) in [6, 6.07) is 8.40. The van der Waals surface area contributed by atoms with Crippen molar-refractivity contribution >= 4 is 17.7 Å². The molecule has 1 aromatic carbocycles. The van der Waals surface area contributed by atoms with Gasteiger partial charge in [0.15, 0.2) is 5.78 Å². The lowest BCUT2D eigenvalue weighted by Gasteiger charge is -2.12. The molecule has 122 valence electrons. The molecule has 23 heavy (non-hydrogen) atoms. The quantitative estimate of drug-likeness (QED) is 0.343. The Balaban J connectivity index is 3.37. The van der Waals surface area contributed by atoms with E-state index >= 15 is 0 Å². The minimum Gasteiger partial charge on any atom is -0.465 e. The average molecular weight is 317 g/mol. The lowest BCUT2D eigenvalue weighted by molar-refractivity contribution is -0.139. The molecule has 0 saturated carbocycles. The molecule has 0 atom stereocenters. The number of esters is 2. The molecule has 1 rings (SSSR count). The van der Waals surface area contributed by atoms with Gasteiger partial charge in [0.1, 0.15) is 0 Å². The Labute approximate surface area is 135 Å². The summed E-state index contributed by atoms with van der Waals surface area (Å²) in [6.07, 6.45) is 2.47. The van der Waals surface area contributed by atoms with Crippen molar-refractivity contribution in [3.8, 4) is 0 Å². The lowest BCUT2D eigenvalue weighted by Crippen LogP contribution is -2.19. The van der Waals surface area contributed by atoms with Gasteiger partial charge in [-0.05, 0) is 0 Å². The molecule has 0 spiro atoms. The maximum Gasteiger partial charge on any atom is 0.340 e. The molecule has 0 unspecified atom stereocenters. The van der Waals surface area contributed by atoms with Crippen molar-refractivity contribution in [1.29, 1.82) is 0 Å². The van der Waals surface area contributed by atoms with Gasteiger partial charge in [-0.1, -0.05) is 30.3 Å². The van der Waals surface area contributed by atoms with E-state index in [-0.39, 0.29) is 11.1 Å². The van der Waals surface area contributed by atoms with Crippen molar-refractivity contribution in [1.82, 2.24) is 4.90 Å². The van der Waals surface area contributed by atoms with Crippen molar-refractivity contribution in [2.45, 2.75) is 0 Å². The van der Waals surface area contributed by atoms with Crippen LogP contribution in [0.25, 0.3) is 0 Å². The summed E-state index contributed by atoms with van der Waals surface area (Å²) in [7, 11) is 5.72. The summed E-state index contributed by atoms with van der Waals surface area (Å²) in [6.45, 7) is 0. The van der Waals surface area contributed by atoms with Crippen molar-refractivity contribution in [3.63, 3.8) is 0 Å². The number of hydrogen-bond donors (Lipinski definition) is 0. The van der Waals surface area contributed by atoms with Crippen LogP contribution in [0.3, 0.4) is 0 Å². The first kappa shape index (κ1) is 18.2. The summed E-state index contributed by atoms with van der Waals surface area (Å²) in [5, 5.41) is 0. The second-order valence-electron chi connectivity index (χ2n) is 4.78. The molecule has 1 aromatic rings. The molecule has 0 radical (unpaired) electrons. The highest BCUT2D eigenvalue weighted by Gasteiger charge is 2.24. The number of allylic oxidation sites excluding steroid dienone is 1. The Morgan fingerprint density at radius 3 is 1.91 bits per heavy atom. The number of carbonyl (C=O) groups excluding carboxylic acids is 3. The zero-order valence-corrected chi connectivity index (χ0v) is 13.5. The van der Waals surface area contributed by atoms with Crippen molar-refractivity contribution in [3.05, 3.63) is 59.3 Å². The summed E-state index contributed by atoms with van der Waals surface area (Å²) in [4.78, 5) is 37.8. The molecule has 0 fully saturated rings. The summed E-state index contributed by atoms with van der Waals surface area (Å²) in [5.41, 5.74) is 0.165. The fourth-order valence-electron chi connectivity index (χ4n) is 1.77. The third-order valence-electron chi connectivity index (χ3n) is 2.82. The van der Waals surface area contributed by atoms with Crippen LogP contribution in [0, 0.1) is 0 Å². The molecule has 0 aromatic heterocycles. The normalized spacial score (nSPS) is 11.7. The summed E-state index contributed by atoms with van der Waals surface area (Å²) in [5.74, 6) is -1.96. The number of hydrogen-bond acceptors (Lipinski definition) is 6. The fraction of sp³-hybridized carbons (Fsp3) is 0.235. The van der Waals surface area contributed by atoms with Crippen LogP contribution in [-0.4, -0.2) is 50.9 Å². The minimum absolute atomic E-state index is 0.0615. The van der Waals surface area contributed by atoms with Crippen LogP contribution in [0.2, 0.25) is 0 Å². The predicted octanol–water partition coefficient (Wildman–Crippen LogP) is 1.59. The van der Waals surface area contributed by atoms with Crippen molar-refractivity contribution < 1.29 is 23.9 Å². The molecule has 0 aliphatic carbocycles. The van der Waals surface area contributed by atoms with Gasteiger partial charge in [0, 0.05) is 31.9 Å². The van der Waals surface area contributed by atoms with Gasteiger partial charge in [0.2, 0.25) is 0 Å². The zero-order chi connectivity index (χ0) is 17.4. The SMILES string of the molecule is COC(=O)C(=C/C(=O)c1ccccc1)/C(=C\N(C)C)C(=O)OC. The fourth-order valence-corrected chi connectivity index (χ4v) is 1.77. The van der Waals surface area contributed by atoms with Gasteiger partial charge in [0.05, 0.1) is 25.4 Å². The maximum atomic E-state index is 12.3. The molecule has 0 amide bonds. The first-order valence-corrected chi connectivity index (χ1v) is 6.77. The first-order valence-electron chi connectivity index (χ1n) is 6.77. The third kappa shape index (κ3) is 5.10. The molecule has 0 saturated heterocycles. The third-order valence-corrected chi connectivity index (χ3v) is 2.82. The number of benzene rings is 1. The Kier molecular flexibility index (Phi) is 6.73. The standard InChI is InChI=1S/C17H19NO5/c1-18(2)11-14(17(21)23-4)13(16(20)22-3)10-15(19)12-8-6-5-7-9-12/h5-11H,1-4H3/b13-10+,14-11+. The molecule has 6 heteroatoms. The van der Waals surface area contributed by atoms with Crippen LogP contribution in [-0.2, 0) is 19.1 Å². The molecule has 6 nitrogen and oxygen atoms in total. The molecule has 0 heterocycles. The Morgan fingerprint density at radius 2 is 1.43 bits per heavy atom. The number of methoxy groups -OCH3 is 2. The number of carbonyl (C=O) groups is 3. The largest absolute Gasteiger partial charge is 0.465 e. The van der Waals surface area contributed by atoms with E-state index < -0.39 is 17.7 Å². The van der Waals surface area contributed by atoms with E-state index in [2.05, 4.69) is 9.47 Å². The van der Waals surface area contributed by atoms with Gasteiger partial charge < -0.3 is 14.4 Å². The first-order chi connectivity index (χ1) is 10.9. The van der Waals surface area contributed by atoms with Gasteiger partial charge in [0.25, 0.3) is 0 Å². The summed E-state index contributed by atoms with van der Waals surface area (Å²) < 4.78 is 9.36. The van der Waals surface area contributed by atoms with Gasteiger partial charge in [-0.3, -0.25) is 4.79 Å². The zero-order valence-electron chi connectivity index (χ0n) is 13.5. The van der Waals surface area contributed by atoms with E-state index in [0.717, 1.165) is 6.08 Å². The van der Waals surface area contributed by atoms with Crippen molar-refractivity contribution in [2.24, 2.45) is 0 Å². The van der Waals surface area contributed by atoms with Crippen LogP contribution in [0.4, 0.5) is 0 Å². The average Bonchev–Trinajstić information content (AvgIpc) is 2.56. The van der Waals surface area contributed by atoms with E-state index in [9.17, 15) is 14.4 Å². The predicted molar refractivity (Wildman–Crippen MR) is 84.7 cm³/mol.